The lowest BCUT2D eigenvalue weighted by atomic mass is 9.76. The summed E-state index contributed by atoms with van der Waals surface area (Å²) in [6.07, 6.45) is 1.52. The third kappa shape index (κ3) is 23.6. The fraction of sp³-hybridized carbons (Fsp3) is 0.597. The highest BCUT2D eigenvalue weighted by atomic mass is 36.0. The maximum atomic E-state index is 10.1. The summed E-state index contributed by atoms with van der Waals surface area (Å²) in [6, 6.07) is 22.8. The molecular formula is C77H119Cl4O7P3+2. The number of benzene rings is 5. The van der Waals surface area contributed by atoms with Crippen LogP contribution in [0.4, 0.5) is 0 Å². The molecule has 14 heteroatoms. The highest BCUT2D eigenvalue weighted by molar-refractivity contribution is 8.20. The van der Waals surface area contributed by atoms with Crippen LogP contribution in [0.15, 0.2) is 60.7 Å². The van der Waals surface area contributed by atoms with Crippen molar-refractivity contribution in [3.63, 3.8) is 0 Å². The Labute approximate surface area is 577 Å². The van der Waals surface area contributed by atoms with E-state index in [-0.39, 0.29) is 60.8 Å². The minimum Gasteiger partial charge on any atom is -0.507 e. The van der Waals surface area contributed by atoms with Crippen LogP contribution in [0.5, 0.6) is 28.7 Å². The molecule has 0 amide bonds. The van der Waals surface area contributed by atoms with Crippen molar-refractivity contribution < 1.29 is 32.8 Å². The number of hydrogen-bond acceptors (Lipinski definition) is 7. The number of rotatable bonds is 2. The molecule has 0 aliphatic carbocycles. The van der Waals surface area contributed by atoms with Gasteiger partial charge in [0.2, 0.25) is 0 Å². The quantitative estimate of drug-likeness (QED) is 0.135. The van der Waals surface area contributed by atoms with Crippen molar-refractivity contribution >= 4 is 67.3 Å². The van der Waals surface area contributed by atoms with Crippen LogP contribution in [0.1, 0.15) is 298 Å². The van der Waals surface area contributed by atoms with Gasteiger partial charge in [-0.05, 0) is 140 Å². The third-order valence-corrected chi connectivity index (χ3v) is 18.2. The molecule has 0 unspecified atom stereocenters. The number of phenols is 1. The fourth-order valence-electron chi connectivity index (χ4n) is 10.4. The van der Waals surface area contributed by atoms with Crippen LogP contribution in [-0.2, 0) is 71.5 Å². The van der Waals surface area contributed by atoms with Gasteiger partial charge in [0.15, 0.2) is 6.61 Å². The monoisotopic (exact) mass is 1390 g/mol. The van der Waals surface area contributed by atoms with Crippen molar-refractivity contribution in [1.82, 2.24) is 0 Å². The van der Waals surface area contributed by atoms with Gasteiger partial charge >= 0.3 is 16.3 Å². The molecule has 0 fully saturated rings. The van der Waals surface area contributed by atoms with Gasteiger partial charge in [0.05, 0.1) is 13.5 Å². The summed E-state index contributed by atoms with van der Waals surface area (Å²) < 4.78 is 32.2. The van der Waals surface area contributed by atoms with E-state index in [0.717, 1.165) is 47.0 Å². The van der Waals surface area contributed by atoms with E-state index in [4.69, 9.17) is 72.7 Å². The zero-order valence-corrected chi connectivity index (χ0v) is 68.0. The molecule has 0 radical (unpaired) electrons. The lowest BCUT2D eigenvalue weighted by Crippen LogP contribution is -2.22. The molecule has 5 aromatic carbocycles. The molecule has 7 rings (SSSR count). The molecule has 0 aromatic heterocycles. The van der Waals surface area contributed by atoms with Gasteiger partial charge in [0, 0.05) is 35.1 Å². The minimum absolute atomic E-state index is 0. The first-order chi connectivity index (χ1) is 40.8. The molecule has 91 heavy (non-hydrogen) atoms. The van der Waals surface area contributed by atoms with Gasteiger partial charge in [0.25, 0.3) is 5.98 Å². The first-order valence-electron chi connectivity index (χ1n) is 32.2. The minimum atomic E-state index is -1.64. The van der Waals surface area contributed by atoms with Gasteiger partial charge in [-0.25, -0.2) is 0 Å². The Kier molecular flexibility index (Phi) is 28.0. The summed E-state index contributed by atoms with van der Waals surface area (Å²) >= 11 is 21.5. The van der Waals surface area contributed by atoms with Crippen LogP contribution in [0.25, 0.3) is 0 Å². The second kappa shape index (κ2) is 30.8. The normalized spacial score (nSPS) is 14.5. The van der Waals surface area contributed by atoms with E-state index < -0.39 is 22.3 Å². The zero-order valence-electron chi connectivity index (χ0n) is 62.2. The maximum Gasteiger partial charge on any atom is 0.463 e. The Morgan fingerprint density at radius 2 is 0.615 bits per heavy atom. The number of aliphatic hydroxyl groups excluding tert-OH is 1. The number of aliphatic hydroxyl groups is 1. The molecule has 2 N–H and O–H groups in total. The number of aromatic hydroxyl groups is 1. The van der Waals surface area contributed by atoms with Crippen molar-refractivity contribution in [1.29, 1.82) is 0 Å². The Morgan fingerprint density at radius 3 is 0.824 bits per heavy atom. The Bertz CT molecular complexity index is 3080. The SMILES string of the molecule is CC(C)(C)c1cc2c(c(C(C)(C)C)c1)OP(Cl)Oc1c(cc(C(C)(C)C)cc1C(C)(C)C)C2.CCOP1Oc2c(cc(C(C)(C)C)cc2C(C)(C)C)Cc2cc(C(C)(C)C)cc(C(C)(C)C)c2O1.Cc1cc(C(C)(C)C)cc(C(C)(C)C)c1O.Cl[PH+](Cl)Cl.[CH2+]CO. The lowest BCUT2D eigenvalue weighted by molar-refractivity contribution is 0.274. The molecule has 510 valence electrons. The third-order valence-electron chi connectivity index (χ3n) is 16.0. The van der Waals surface area contributed by atoms with E-state index in [1.165, 1.54) is 72.3 Å². The summed E-state index contributed by atoms with van der Waals surface area (Å²) in [4.78, 5) is 0. The average molecular weight is 1390 g/mol. The van der Waals surface area contributed by atoms with Gasteiger partial charge in [-0.15, -0.1) is 0 Å². The predicted octanol–water partition coefficient (Wildman–Crippen LogP) is 26.0. The molecular weight excluding hydrogens is 1270 g/mol. The first-order valence-corrected chi connectivity index (χ1v) is 39.9. The van der Waals surface area contributed by atoms with Crippen LogP contribution in [0.2, 0.25) is 0 Å². The number of halogens is 4. The Hall–Kier alpha value is -2.66. The Morgan fingerprint density at radius 1 is 0.407 bits per heavy atom. The van der Waals surface area contributed by atoms with Crippen molar-refractivity contribution in [3.8, 4) is 28.7 Å². The van der Waals surface area contributed by atoms with Crippen molar-refractivity contribution in [2.45, 2.75) is 289 Å². The van der Waals surface area contributed by atoms with E-state index in [2.05, 4.69) is 275 Å². The summed E-state index contributed by atoms with van der Waals surface area (Å²) in [5.41, 5.74) is 18.1. The van der Waals surface area contributed by atoms with Crippen LogP contribution >= 0.6 is 67.3 Å². The molecule has 0 saturated heterocycles. The first kappa shape index (κ1) is 82.6. The van der Waals surface area contributed by atoms with E-state index in [9.17, 15) is 5.11 Å². The summed E-state index contributed by atoms with van der Waals surface area (Å²) in [7, 11) is -3.23. The average Bonchev–Trinajstić information content (AvgIpc) is 0.783. The smallest absolute Gasteiger partial charge is 0.463 e. The summed E-state index contributed by atoms with van der Waals surface area (Å²) in [5, 5.41) is 17.6. The van der Waals surface area contributed by atoms with E-state index in [1.807, 2.05) is 13.8 Å². The number of aryl methyl sites for hydroxylation is 1. The molecule has 7 nitrogen and oxygen atoms in total. The fourth-order valence-corrected chi connectivity index (χ4v) is 12.6. The van der Waals surface area contributed by atoms with Gasteiger partial charge in [-0.2, -0.15) is 0 Å². The van der Waals surface area contributed by atoms with Crippen LogP contribution in [0.3, 0.4) is 0 Å². The van der Waals surface area contributed by atoms with Crippen LogP contribution in [0, 0.1) is 13.8 Å². The number of hydrogen-bond donors (Lipinski definition) is 2. The largest absolute Gasteiger partial charge is 0.507 e. The number of fused-ring (bicyclic) bond motifs is 4. The molecule has 2 aliphatic heterocycles. The predicted molar refractivity (Wildman–Crippen MR) is 403 cm³/mol. The topological polar surface area (TPSA) is 86.6 Å². The van der Waals surface area contributed by atoms with Crippen molar-refractivity contribution in [3.05, 3.63) is 151 Å². The van der Waals surface area contributed by atoms with Crippen LogP contribution < -0.4 is 18.1 Å². The zero-order chi connectivity index (χ0) is 70.7. The van der Waals surface area contributed by atoms with E-state index in [1.54, 1.807) is 0 Å². The molecule has 0 spiro atoms. The maximum absolute atomic E-state index is 10.1. The molecule has 0 bridgehead atoms. The van der Waals surface area contributed by atoms with Gasteiger partial charge in [-0.3, -0.25) is 4.52 Å². The standard InChI is InChI=1S/C31H47O3P.C29H42ClO2P.C15H24O.C2H5O.Cl3P/c1-14-32-35-33-26-20(16-22(28(2,3)4)18-24(26)30(8,9)10)15-21-17-23(29(5,6)7)19-25(27(21)34-35)31(11,12)13;1-26(2,3)20-14-18-13-19-15-21(27(4,5)6)17-23(29(10,11)12)25(19)32-33(30)31-24(18)22(16-20)28(7,8)9;1-10-8-11(14(2,3)4)9-12(13(10)16)15(5,6)7;1-2-3;1-4(2)3/h16-19H,14-15H2,1-13H3;14-17H,13H2,1-12H3;8-9,16H,1-7H3;3H,1-2H2;/q;;;+1;/p+1. The molecule has 2 heterocycles. The Balaban J connectivity index is 0.000000357. The van der Waals surface area contributed by atoms with Crippen molar-refractivity contribution in [2.75, 3.05) is 13.2 Å². The van der Waals surface area contributed by atoms with Gasteiger partial charge < -0.3 is 28.3 Å². The van der Waals surface area contributed by atoms with Gasteiger partial charge in [-0.1, -0.05) is 268 Å². The molecule has 0 atom stereocenters. The molecule has 2 aliphatic rings. The summed E-state index contributed by atoms with van der Waals surface area (Å²) in [5.74, 6) is 2.61. The summed E-state index contributed by atoms with van der Waals surface area (Å²) in [6.45, 7) is 74.8. The van der Waals surface area contributed by atoms with Crippen molar-refractivity contribution in [2.24, 2.45) is 0 Å². The number of phenolic OH excluding ortho intramolecular Hbond substituents is 1. The second-order valence-electron chi connectivity index (χ2n) is 34.7. The van der Waals surface area contributed by atoms with E-state index >= 15 is 0 Å². The molecule has 0 saturated carbocycles. The highest BCUT2D eigenvalue weighted by Crippen LogP contribution is 2.57. The second-order valence-corrected chi connectivity index (χ2v) is 43.0. The van der Waals surface area contributed by atoms with Gasteiger partial charge in [0.1, 0.15) is 62.5 Å². The van der Waals surface area contributed by atoms with E-state index in [0.29, 0.717) is 12.4 Å². The van der Waals surface area contributed by atoms with Crippen LogP contribution in [-0.4, -0.2) is 23.4 Å². The molecule has 5 aromatic rings. The highest BCUT2D eigenvalue weighted by Gasteiger charge is 2.37. The lowest BCUT2D eigenvalue weighted by Gasteiger charge is -2.34.